The van der Waals surface area contributed by atoms with E-state index in [4.69, 9.17) is 19.9 Å². The fourth-order valence-electron chi connectivity index (χ4n) is 2.23. The number of rotatable bonds is 12. The first-order chi connectivity index (χ1) is 12.5. The zero-order chi connectivity index (χ0) is 20.5. The van der Waals surface area contributed by atoms with Gasteiger partial charge in [0.15, 0.2) is 17.3 Å². The van der Waals surface area contributed by atoms with E-state index in [2.05, 4.69) is 0 Å². The van der Waals surface area contributed by atoms with Gasteiger partial charge in [0, 0.05) is 12.8 Å². The number of aliphatic hydroxyl groups is 1. The molecule has 0 heterocycles. The smallest absolute Gasteiger partial charge is 0.332 e. The van der Waals surface area contributed by atoms with Crippen molar-refractivity contribution in [2.45, 2.75) is 51.4 Å². The predicted octanol–water partition coefficient (Wildman–Crippen LogP) is 1.44. The molecule has 1 aromatic carbocycles. The van der Waals surface area contributed by atoms with E-state index in [9.17, 15) is 20.1 Å². The molecule has 154 valence electrons. The van der Waals surface area contributed by atoms with Crippen LogP contribution in [-0.4, -0.2) is 59.0 Å². The molecule has 1 unspecified atom stereocenters. The molecule has 8 nitrogen and oxygen atoms in total. The van der Waals surface area contributed by atoms with Crippen molar-refractivity contribution in [3.63, 3.8) is 0 Å². The van der Waals surface area contributed by atoms with E-state index in [0.717, 1.165) is 5.56 Å². The molecular weight excluding hydrogens is 354 g/mol. The summed E-state index contributed by atoms with van der Waals surface area (Å²) in [6, 6.07) is 4.44. The maximum Gasteiger partial charge on any atom is 0.332 e. The number of esters is 1. The quantitative estimate of drug-likeness (QED) is 0.241. The standard InChI is InChI=1S/C19H31NO7/c1-18(2,8-11-26-19(3,24)7-9-20)27-13-17(23)25-10-6-14-4-5-15(21)16(22)12-14/h4-5,12,21-22,24H,6-11,13,20H2,1-3H3. The molecule has 8 heteroatoms. The molecule has 1 atom stereocenters. The molecule has 0 saturated carbocycles. The third-order valence-corrected chi connectivity index (χ3v) is 4.00. The first-order valence-electron chi connectivity index (χ1n) is 8.91. The molecule has 0 radical (unpaired) electrons. The molecular formula is C19H31NO7. The zero-order valence-electron chi connectivity index (χ0n) is 16.2. The van der Waals surface area contributed by atoms with Crippen molar-refractivity contribution in [2.24, 2.45) is 5.73 Å². The first kappa shape index (κ1) is 23.2. The fraction of sp³-hybridized carbons (Fsp3) is 0.632. The topological polar surface area (TPSA) is 131 Å². The van der Waals surface area contributed by atoms with Gasteiger partial charge in [-0.25, -0.2) is 4.79 Å². The number of hydrogen-bond donors (Lipinski definition) is 4. The molecule has 0 aromatic heterocycles. The zero-order valence-corrected chi connectivity index (χ0v) is 16.2. The van der Waals surface area contributed by atoms with Crippen LogP contribution >= 0.6 is 0 Å². The molecule has 0 amide bonds. The van der Waals surface area contributed by atoms with Gasteiger partial charge in [0.2, 0.25) is 0 Å². The van der Waals surface area contributed by atoms with Crippen molar-refractivity contribution in [3.05, 3.63) is 23.8 Å². The summed E-state index contributed by atoms with van der Waals surface area (Å²) in [5, 5.41) is 28.6. The lowest BCUT2D eigenvalue weighted by molar-refractivity contribution is -0.200. The van der Waals surface area contributed by atoms with E-state index < -0.39 is 17.4 Å². The average molecular weight is 385 g/mol. The number of nitrogens with two attached hydrogens (primary N) is 1. The second-order valence-corrected chi connectivity index (χ2v) is 7.15. The van der Waals surface area contributed by atoms with E-state index in [1.807, 2.05) is 13.8 Å². The first-order valence-corrected chi connectivity index (χ1v) is 8.91. The Morgan fingerprint density at radius 1 is 1.07 bits per heavy atom. The molecule has 0 spiro atoms. The average Bonchev–Trinajstić information content (AvgIpc) is 2.56. The van der Waals surface area contributed by atoms with Gasteiger partial charge in [-0.15, -0.1) is 0 Å². The SMILES string of the molecule is CC(C)(CCOC(C)(O)CCN)OCC(=O)OCCc1ccc(O)c(O)c1. The number of hydrogen-bond acceptors (Lipinski definition) is 8. The number of phenols is 2. The third-order valence-electron chi connectivity index (χ3n) is 4.00. The van der Waals surface area contributed by atoms with E-state index in [0.29, 0.717) is 25.8 Å². The molecule has 1 aromatic rings. The van der Waals surface area contributed by atoms with Gasteiger partial charge in [0.1, 0.15) is 6.61 Å². The van der Waals surface area contributed by atoms with Crippen LogP contribution in [0.2, 0.25) is 0 Å². The van der Waals surface area contributed by atoms with E-state index in [1.165, 1.54) is 12.1 Å². The number of benzene rings is 1. The molecule has 5 N–H and O–H groups in total. The Labute approximate surface area is 159 Å². The Balaban J connectivity index is 2.26. The van der Waals surface area contributed by atoms with E-state index in [-0.39, 0.29) is 31.3 Å². The van der Waals surface area contributed by atoms with Crippen LogP contribution in [0.4, 0.5) is 0 Å². The van der Waals surface area contributed by atoms with Crippen molar-refractivity contribution >= 4 is 5.97 Å². The van der Waals surface area contributed by atoms with Crippen molar-refractivity contribution in [3.8, 4) is 11.5 Å². The minimum absolute atomic E-state index is 0.137. The summed E-state index contributed by atoms with van der Waals surface area (Å²) in [4.78, 5) is 11.8. The fourth-order valence-corrected chi connectivity index (χ4v) is 2.23. The monoisotopic (exact) mass is 385 g/mol. The Kier molecular flexibility index (Phi) is 8.98. The Morgan fingerprint density at radius 3 is 2.41 bits per heavy atom. The maximum atomic E-state index is 11.8. The van der Waals surface area contributed by atoms with Gasteiger partial charge in [-0.05, 0) is 51.4 Å². The van der Waals surface area contributed by atoms with E-state index in [1.54, 1.807) is 13.0 Å². The summed E-state index contributed by atoms with van der Waals surface area (Å²) in [5.74, 6) is -2.18. The van der Waals surface area contributed by atoms with Gasteiger partial charge in [-0.1, -0.05) is 6.07 Å². The van der Waals surface area contributed by atoms with Gasteiger partial charge in [0.25, 0.3) is 0 Å². The molecule has 0 aliphatic carbocycles. The normalized spacial score (nSPS) is 14.0. The van der Waals surface area contributed by atoms with Crippen LogP contribution in [0.3, 0.4) is 0 Å². The Bertz CT molecular complexity index is 602. The minimum atomic E-state index is -1.27. The van der Waals surface area contributed by atoms with E-state index >= 15 is 0 Å². The highest BCUT2D eigenvalue weighted by Gasteiger charge is 2.24. The van der Waals surface area contributed by atoms with Crippen LogP contribution in [0.1, 0.15) is 39.2 Å². The lowest BCUT2D eigenvalue weighted by Crippen LogP contribution is -2.35. The van der Waals surface area contributed by atoms with Crippen LogP contribution in [-0.2, 0) is 25.4 Å². The maximum absolute atomic E-state index is 11.8. The third kappa shape index (κ3) is 9.58. The minimum Gasteiger partial charge on any atom is -0.504 e. The summed E-state index contributed by atoms with van der Waals surface area (Å²) in [6.45, 7) is 5.72. The van der Waals surface area contributed by atoms with Crippen LogP contribution < -0.4 is 5.73 Å². The summed E-state index contributed by atoms with van der Waals surface area (Å²) in [5.41, 5.74) is 5.52. The largest absolute Gasteiger partial charge is 0.504 e. The van der Waals surface area contributed by atoms with Gasteiger partial charge < -0.3 is 35.3 Å². The van der Waals surface area contributed by atoms with Crippen LogP contribution in [0.5, 0.6) is 11.5 Å². The number of aromatic hydroxyl groups is 2. The van der Waals surface area contributed by atoms with Gasteiger partial charge in [-0.3, -0.25) is 0 Å². The van der Waals surface area contributed by atoms with Crippen molar-refractivity contribution in [1.82, 2.24) is 0 Å². The lowest BCUT2D eigenvalue weighted by Gasteiger charge is -2.28. The molecule has 0 aliphatic rings. The number of carbonyl (C=O) groups is 1. The molecule has 0 saturated heterocycles. The number of ether oxygens (including phenoxy) is 3. The highest BCUT2D eigenvalue weighted by Crippen LogP contribution is 2.25. The molecule has 27 heavy (non-hydrogen) atoms. The Hall–Kier alpha value is -1.87. The van der Waals surface area contributed by atoms with Gasteiger partial charge >= 0.3 is 5.97 Å². The van der Waals surface area contributed by atoms with Crippen molar-refractivity contribution < 1.29 is 34.3 Å². The highest BCUT2D eigenvalue weighted by atomic mass is 16.6. The molecule has 0 aliphatic heterocycles. The van der Waals surface area contributed by atoms with Crippen LogP contribution in [0.15, 0.2) is 18.2 Å². The number of phenolic OH excluding ortho intramolecular Hbond substituents is 2. The molecule has 0 fully saturated rings. The Morgan fingerprint density at radius 2 is 1.78 bits per heavy atom. The van der Waals surface area contributed by atoms with Crippen molar-refractivity contribution in [1.29, 1.82) is 0 Å². The second-order valence-electron chi connectivity index (χ2n) is 7.15. The predicted molar refractivity (Wildman–Crippen MR) is 99.3 cm³/mol. The van der Waals surface area contributed by atoms with Crippen molar-refractivity contribution in [2.75, 3.05) is 26.4 Å². The summed E-state index contributed by atoms with van der Waals surface area (Å²) >= 11 is 0. The summed E-state index contributed by atoms with van der Waals surface area (Å²) < 4.78 is 16.1. The van der Waals surface area contributed by atoms with Gasteiger partial charge in [0.05, 0.1) is 18.8 Å². The molecule has 1 rings (SSSR count). The second kappa shape index (κ2) is 10.5. The number of carbonyl (C=O) groups excluding carboxylic acids is 1. The van der Waals surface area contributed by atoms with Gasteiger partial charge in [-0.2, -0.15) is 0 Å². The summed E-state index contributed by atoms with van der Waals surface area (Å²) in [7, 11) is 0. The molecule has 0 bridgehead atoms. The summed E-state index contributed by atoms with van der Waals surface area (Å²) in [6.07, 6.45) is 1.22. The van der Waals surface area contributed by atoms with Crippen LogP contribution in [0.25, 0.3) is 0 Å². The lowest BCUT2D eigenvalue weighted by atomic mass is 10.1. The highest BCUT2D eigenvalue weighted by molar-refractivity contribution is 5.70. The van der Waals surface area contributed by atoms with Crippen LogP contribution in [0, 0.1) is 0 Å².